The molecule has 2 heteroatoms. The van der Waals surface area contributed by atoms with Crippen LogP contribution < -0.4 is 10.6 Å². The molecule has 0 heterocycles. The number of hydrogen-bond donors (Lipinski definition) is 2. The van der Waals surface area contributed by atoms with E-state index in [1.165, 1.54) is 6.42 Å². The standard InChI is InChI=1S/C14H32N2/c1-12(2)14(6,7)11-15-9-8-10-16-13(3,4)5/h12,15-16H,8-11H2,1-7H3. The zero-order valence-electron chi connectivity index (χ0n) is 12.4. The first kappa shape index (κ1) is 15.9. The Morgan fingerprint density at radius 1 is 0.938 bits per heavy atom. The van der Waals surface area contributed by atoms with Crippen LogP contribution in [0.5, 0.6) is 0 Å². The minimum atomic E-state index is 0.247. The van der Waals surface area contributed by atoms with Crippen molar-refractivity contribution in [1.82, 2.24) is 10.6 Å². The molecule has 2 N–H and O–H groups in total. The molecule has 0 aliphatic rings. The molecule has 0 aromatic heterocycles. The van der Waals surface area contributed by atoms with E-state index in [0.717, 1.165) is 25.6 Å². The van der Waals surface area contributed by atoms with Gasteiger partial charge in [-0.1, -0.05) is 27.7 Å². The van der Waals surface area contributed by atoms with Crippen LogP contribution in [0.1, 0.15) is 54.9 Å². The van der Waals surface area contributed by atoms with Gasteiger partial charge in [0.2, 0.25) is 0 Å². The zero-order chi connectivity index (χ0) is 12.8. The first-order valence-electron chi connectivity index (χ1n) is 6.61. The third kappa shape index (κ3) is 8.12. The quantitative estimate of drug-likeness (QED) is 0.655. The molecule has 0 saturated carbocycles. The van der Waals surface area contributed by atoms with Crippen LogP contribution in [-0.4, -0.2) is 25.2 Å². The van der Waals surface area contributed by atoms with Crippen LogP contribution in [0.25, 0.3) is 0 Å². The molecule has 0 unspecified atom stereocenters. The fraction of sp³-hybridized carbons (Fsp3) is 1.00. The Labute approximate surface area is 103 Å². The summed E-state index contributed by atoms with van der Waals surface area (Å²) in [5.41, 5.74) is 0.647. The Bertz CT molecular complexity index is 178. The van der Waals surface area contributed by atoms with Crippen LogP contribution in [0.4, 0.5) is 0 Å². The number of nitrogens with one attached hydrogen (secondary N) is 2. The summed E-state index contributed by atoms with van der Waals surface area (Å²) in [6.45, 7) is 19.2. The number of hydrogen-bond acceptors (Lipinski definition) is 2. The first-order valence-corrected chi connectivity index (χ1v) is 6.61. The smallest absolute Gasteiger partial charge is 0.00965 e. The molecule has 0 spiro atoms. The molecule has 0 aliphatic heterocycles. The van der Waals surface area contributed by atoms with Gasteiger partial charge in [0.1, 0.15) is 0 Å². The van der Waals surface area contributed by atoms with E-state index in [1.54, 1.807) is 0 Å². The van der Waals surface area contributed by atoms with Crippen molar-refractivity contribution in [3.05, 3.63) is 0 Å². The van der Waals surface area contributed by atoms with Gasteiger partial charge in [-0.3, -0.25) is 0 Å². The van der Waals surface area contributed by atoms with Gasteiger partial charge < -0.3 is 10.6 Å². The molecule has 0 fully saturated rings. The van der Waals surface area contributed by atoms with Crippen molar-refractivity contribution in [2.24, 2.45) is 11.3 Å². The van der Waals surface area contributed by atoms with E-state index in [-0.39, 0.29) is 5.54 Å². The molecule has 0 amide bonds. The fourth-order valence-corrected chi connectivity index (χ4v) is 1.29. The SMILES string of the molecule is CC(C)C(C)(C)CNCCCNC(C)(C)C. The highest BCUT2D eigenvalue weighted by Crippen LogP contribution is 2.24. The molecule has 98 valence electrons. The molecule has 0 atom stereocenters. The molecule has 0 rings (SSSR count). The van der Waals surface area contributed by atoms with Gasteiger partial charge in [0.05, 0.1) is 0 Å². The van der Waals surface area contributed by atoms with Crippen molar-refractivity contribution in [2.45, 2.75) is 60.4 Å². The lowest BCUT2D eigenvalue weighted by atomic mass is 9.81. The van der Waals surface area contributed by atoms with E-state index in [1.807, 2.05) is 0 Å². The predicted molar refractivity (Wildman–Crippen MR) is 73.9 cm³/mol. The Balaban J connectivity index is 3.48. The number of rotatable bonds is 7. The van der Waals surface area contributed by atoms with Crippen molar-refractivity contribution in [3.8, 4) is 0 Å². The van der Waals surface area contributed by atoms with Gasteiger partial charge in [-0.15, -0.1) is 0 Å². The summed E-state index contributed by atoms with van der Waals surface area (Å²) >= 11 is 0. The van der Waals surface area contributed by atoms with Crippen LogP contribution in [0.2, 0.25) is 0 Å². The summed E-state index contributed by atoms with van der Waals surface area (Å²) in [4.78, 5) is 0. The monoisotopic (exact) mass is 228 g/mol. The average molecular weight is 228 g/mol. The molecule has 0 radical (unpaired) electrons. The van der Waals surface area contributed by atoms with E-state index in [2.05, 4.69) is 59.1 Å². The van der Waals surface area contributed by atoms with Crippen molar-refractivity contribution in [2.75, 3.05) is 19.6 Å². The third-order valence-corrected chi connectivity index (χ3v) is 3.33. The maximum atomic E-state index is 3.55. The van der Waals surface area contributed by atoms with Crippen LogP contribution in [-0.2, 0) is 0 Å². The van der Waals surface area contributed by atoms with Crippen LogP contribution in [0.15, 0.2) is 0 Å². The molecular weight excluding hydrogens is 196 g/mol. The summed E-state index contributed by atoms with van der Waals surface area (Å²) in [6, 6.07) is 0. The summed E-state index contributed by atoms with van der Waals surface area (Å²) in [7, 11) is 0. The minimum Gasteiger partial charge on any atom is -0.316 e. The Kier molecular flexibility index (Phi) is 6.57. The molecule has 0 aromatic carbocycles. The van der Waals surface area contributed by atoms with E-state index in [4.69, 9.17) is 0 Å². The zero-order valence-corrected chi connectivity index (χ0v) is 12.4. The molecule has 0 aromatic rings. The van der Waals surface area contributed by atoms with Gasteiger partial charge in [-0.2, -0.15) is 0 Å². The van der Waals surface area contributed by atoms with Crippen LogP contribution >= 0.6 is 0 Å². The molecule has 0 saturated heterocycles. The predicted octanol–water partition coefficient (Wildman–Crippen LogP) is 3.04. The largest absolute Gasteiger partial charge is 0.316 e. The van der Waals surface area contributed by atoms with Gasteiger partial charge >= 0.3 is 0 Å². The Morgan fingerprint density at radius 2 is 1.50 bits per heavy atom. The topological polar surface area (TPSA) is 24.1 Å². The summed E-state index contributed by atoms with van der Waals surface area (Å²) in [6.07, 6.45) is 1.20. The lowest BCUT2D eigenvalue weighted by molar-refractivity contribution is 0.238. The van der Waals surface area contributed by atoms with Crippen LogP contribution in [0, 0.1) is 11.3 Å². The molecule has 0 aliphatic carbocycles. The average Bonchev–Trinajstić information content (AvgIpc) is 2.09. The van der Waals surface area contributed by atoms with Gasteiger partial charge in [-0.25, -0.2) is 0 Å². The lowest BCUT2D eigenvalue weighted by Gasteiger charge is -2.29. The maximum Gasteiger partial charge on any atom is 0.00965 e. The van der Waals surface area contributed by atoms with Gasteiger partial charge in [0.25, 0.3) is 0 Å². The van der Waals surface area contributed by atoms with Crippen molar-refractivity contribution in [1.29, 1.82) is 0 Å². The highest BCUT2D eigenvalue weighted by molar-refractivity contribution is 4.75. The van der Waals surface area contributed by atoms with Crippen molar-refractivity contribution in [3.63, 3.8) is 0 Å². The second kappa shape index (κ2) is 6.61. The lowest BCUT2D eigenvalue weighted by Crippen LogP contribution is -2.38. The van der Waals surface area contributed by atoms with Gasteiger partial charge in [0, 0.05) is 12.1 Å². The minimum absolute atomic E-state index is 0.247. The second-order valence-corrected chi connectivity index (χ2v) is 6.85. The summed E-state index contributed by atoms with van der Waals surface area (Å²) in [5.74, 6) is 0.729. The Morgan fingerprint density at radius 3 is 1.94 bits per heavy atom. The highest BCUT2D eigenvalue weighted by atomic mass is 14.9. The van der Waals surface area contributed by atoms with Gasteiger partial charge in [0.15, 0.2) is 0 Å². The molecule has 16 heavy (non-hydrogen) atoms. The third-order valence-electron chi connectivity index (χ3n) is 3.33. The van der Waals surface area contributed by atoms with Crippen LogP contribution in [0.3, 0.4) is 0 Å². The van der Waals surface area contributed by atoms with E-state index < -0.39 is 0 Å². The normalized spacial score (nSPS) is 13.5. The van der Waals surface area contributed by atoms with E-state index in [9.17, 15) is 0 Å². The van der Waals surface area contributed by atoms with E-state index in [0.29, 0.717) is 5.41 Å². The maximum absolute atomic E-state index is 3.55. The Hall–Kier alpha value is -0.0800. The molecule has 0 bridgehead atoms. The van der Waals surface area contributed by atoms with Crippen molar-refractivity contribution < 1.29 is 0 Å². The van der Waals surface area contributed by atoms with Crippen molar-refractivity contribution >= 4 is 0 Å². The first-order chi connectivity index (χ1) is 7.15. The molecular formula is C14H32N2. The second-order valence-electron chi connectivity index (χ2n) is 6.85. The summed E-state index contributed by atoms with van der Waals surface area (Å²) in [5, 5.41) is 7.06. The molecule has 2 nitrogen and oxygen atoms in total. The highest BCUT2D eigenvalue weighted by Gasteiger charge is 2.21. The van der Waals surface area contributed by atoms with E-state index >= 15 is 0 Å². The van der Waals surface area contributed by atoms with Gasteiger partial charge in [-0.05, 0) is 51.6 Å². The fourth-order valence-electron chi connectivity index (χ4n) is 1.29. The summed E-state index contributed by atoms with van der Waals surface area (Å²) < 4.78 is 0.